The van der Waals surface area contributed by atoms with Crippen molar-refractivity contribution in [3.05, 3.63) is 24.0 Å². The van der Waals surface area contributed by atoms with Gasteiger partial charge in [0.1, 0.15) is 11.6 Å². The molecule has 1 aliphatic rings. The average Bonchev–Trinajstić information content (AvgIpc) is 2.35. The van der Waals surface area contributed by atoms with Crippen LogP contribution in [-0.4, -0.2) is 31.9 Å². The number of rotatable bonds is 3. The predicted molar refractivity (Wildman–Crippen MR) is 67.4 cm³/mol. The van der Waals surface area contributed by atoms with Gasteiger partial charge in [0, 0.05) is 25.2 Å². The Hall–Kier alpha value is -1.50. The fourth-order valence-electron chi connectivity index (χ4n) is 2.23. The zero-order valence-electron chi connectivity index (χ0n) is 10.8. The van der Waals surface area contributed by atoms with Crippen molar-refractivity contribution in [3.63, 3.8) is 0 Å². The molecular weight excluding hydrogens is 276 g/mol. The van der Waals surface area contributed by atoms with E-state index in [-0.39, 0.29) is 11.8 Å². The molecule has 0 radical (unpaired) electrons. The summed E-state index contributed by atoms with van der Waals surface area (Å²) in [5.41, 5.74) is 6.17. The van der Waals surface area contributed by atoms with Gasteiger partial charge < -0.3 is 15.4 Å². The lowest BCUT2D eigenvalue weighted by Crippen LogP contribution is -2.43. The van der Waals surface area contributed by atoms with Crippen LogP contribution in [0.1, 0.15) is 12.8 Å². The van der Waals surface area contributed by atoms with Crippen LogP contribution >= 0.6 is 0 Å². The van der Waals surface area contributed by atoms with Gasteiger partial charge in [-0.15, -0.1) is 0 Å². The van der Waals surface area contributed by atoms with Crippen molar-refractivity contribution in [1.29, 1.82) is 0 Å². The number of anilines is 1. The molecule has 1 fully saturated rings. The second-order valence-electron chi connectivity index (χ2n) is 4.87. The second-order valence-corrected chi connectivity index (χ2v) is 4.87. The van der Waals surface area contributed by atoms with Crippen molar-refractivity contribution in [3.8, 4) is 5.75 Å². The summed E-state index contributed by atoms with van der Waals surface area (Å²) in [7, 11) is 0. The van der Waals surface area contributed by atoms with Crippen LogP contribution in [-0.2, 0) is 0 Å². The Labute approximate surface area is 114 Å². The third-order valence-electron chi connectivity index (χ3n) is 3.12. The van der Waals surface area contributed by atoms with Crippen molar-refractivity contribution in [2.45, 2.75) is 25.1 Å². The third-order valence-corrected chi connectivity index (χ3v) is 3.12. The van der Waals surface area contributed by atoms with Crippen molar-refractivity contribution < 1.29 is 22.3 Å². The SMILES string of the molecule is NC1CCCN(c2ccc(OCC(F)(F)F)cc2F)C1. The lowest BCUT2D eigenvalue weighted by Gasteiger charge is -2.32. The summed E-state index contributed by atoms with van der Waals surface area (Å²) in [4.78, 5) is 1.80. The molecule has 0 amide bonds. The van der Waals surface area contributed by atoms with E-state index in [1.807, 2.05) is 0 Å². The van der Waals surface area contributed by atoms with Gasteiger partial charge in [-0.1, -0.05) is 0 Å². The summed E-state index contributed by atoms with van der Waals surface area (Å²) < 4.78 is 54.5. The van der Waals surface area contributed by atoms with E-state index in [0.29, 0.717) is 18.8 Å². The highest BCUT2D eigenvalue weighted by Crippen LogP contribution is 2.27. The van der Waals surface area contributed by atoms with Crippen LogP contribution in [0.2, 0.25) is 0 Å². The zero-order chi connectivity index (χ0) is 14.8. The maximum Gasteiger partial charge on any atom is 0.422 e. The van der Waals surface area contributed by atoms with Crippen LogP contribution in [0.25, 0.3) is 0 Å². The fraction of sp³-hybridized carbons (Fsp3) is 0.538. The number of hydrogen-bond acceptors (Lipinski definition) is 3. The van der Waals surface area contributed by atoms with E-state index in [4.69, 9.17) is 5.73 Å². The summed E-state index contributed by atoms with van der Waals surface area (Å²) >= 11 is 0. The number of hydrogen-bond donors (Lipinski definition) is 1. The summed E-state index contributed by atoms with van der Waals surface area (Å²) in [6, 6.07) is 3.73. The molecule has 20 heavy (non-hydrogen) atoms. The molecule has 1 unspecified atom stereocenters. The Kier molecular flexibility index (Phi) is 4.37. The summed E-state index contributed by atoms with van der Waals surface area (Å²) in [6.07, 6.45) is -2.67. The van der Waals surface area contributed by atoms with Gasteiger partial charge in [0.05, 0.1) is 5.69 Å². The molecule has 2 N–H and O–H groups in total. The highest BCUT2D eigenvalue weighted by Gasteiger charge is 2.28. The Bertz CT molecular complexity index is 464. The smallest absolute Gasteiger partial charge is 0.422 e. The summed E-state index contributed by atoms with van der Waals surface area (Å²) in [6.45, 7) is -0.201. The van der Waals surface area contributed by atoms with Crippen LogP contribution in [0, 0.1) is 5.82 Å². The molecule has 2 rings (SSSR count). The molecule has 0 aliphatic carbocycles. The van der Waals surface area contributed by atoms with Gasteiger partial charge in [0.2, 0.25) is 0 Å². The van der Waals surface area contributed by atoms with Crippen LogP contribution in [0.3, 0.4) is 0 Å². The normalized spacial score (nSPS) is 20.1. The van der Waals surface area contributed by atoms with Crippen molar-refractivity contribution in [2.75, 3.05) is 24.6 Å². The molecule has 0 aromatic heterocycles. The van der Waals surface area contributed by atoms with E-state index in [0.717, 1.165) is 18.9 Å². The van der Waals surface area contributed by atoms with Crippen LogP contribution in [0.5, 0.6) is 5.75 Å². The number of ether oxygens (including phenoxy) is 1. The number of nitrogens with two attached hydrogens (primary N) is 1. The van der Waals surface area contributed by atoms with Crippen molar-refractivity contribution >= 4 is 5.69 Å². The maximum absolute atomic E-state index is 13.9. The Morgan fingerprint density at radius 2 is 2.10 bits per heavy atom. The lowest BCUT2D eigenvalue weighted by atomic mass is 10.1. The molecule has 1 atom stereocenters. The standard InChI is InChI=1S/C13H16F4N2O/c14-11-6-10(20-8-13(15,16)17)3-4-12(11)19-5-1-2-9(18)7-19/h3-4,6,9H,1-2,5,7-8,18H2. The van der Waals surface area contributed by atoms with Gasteiger partial charge in [-0.25, -0.2) is 4.39 Å². The van der Waals surface area contributed by atoms with Gasteiger partial charge in [-0.05, 0) is 25.0 Å². The average molecular weight is 292 g/mol. The number of piperidine rings is 1. The molecule has 0 saturated carbocycles. The minimum absolute atomic E-state index is 0.00990. The lowest BCUT2D eigenvalue weighted by molar-refractivity contribution is -0.153. The van der Waals surface area contributed by atoms with E-state index in [2.05, 4.69) is 4.74 Å². The molecule has 1 saturated heterocycles. The molecule has 1 aliphatic heterocycles. The van der Waals surface area contributed by atoms with E-state index in [1.165, 1.54) is 12.1 Å². The zero-order valence-corrected chi connectivity index (χ0v) is 10.8. The van der Waals surface area contributed by atoms with Gasteiger partial charge in [0.15, 0.2) is 6.61 Å². The van der Waals surface area contributed by atoms with Crippen molar-refractivity contribution in [1.82, 2.24) is 0 Å². The molecule has 7 heteroatoms. The summed E-state index contributed by atoms with van der Waals surface area (Å²) in [5, 5.41) is 0. The number of nitrogens with zero attached hydrogens (tertiary/aromatic N) is 1. The maximum atomic E-state index is 13.9. The minimum Gasteiger partial charge on any atom is -0.484 e. The van der Waals surface area contributed by atoms with Crippen LogP contribution in [0.4, 0.5) is 23.2 Å². The Morgan fingerprint density at radius 3 is 2.70 bits per heavy atom. The molecular formula is C13H16F4N2O. The molecule has 1 aromatic carbocycles. The fourth-order valence-corrected chi connectivity index (χ4v) is 2.23. The monoisotopic (exact) mass is 292 g/mol. The first-order valence-corrected chi connectivity index (χ1v) is 6.35. The largest absolute Gasteiger partial charge is 0.484 e. The second kappa shape index (κ2) is 5.87. The van der Waals surface area contributed by atoms with Crippen molar-refractivity contribution in [2.24, 2.45) is 5.73 Å². The Morgan fingerprint density at radius 1 is 1.35 bits per heavy atom. The highest BCUT2D eigenvalue weighted by atomic mass is 19.4. The van der Waals surface area contributed by atoms with E-state index in [1.54, 1.807) is 4.90 Å². The van der Waals surface area contributed by atoms with Gasteiger partial charge in [-0.3, -0.25) is 0 Å². The van der Waals surface area contributed by atoms with E-state index in [9.17, 15) is 17.6 Å². The number of halogens is 4. The molecule has 1 heterocycles. The molecule has 0 spiro atoms. The van der Waals surface area contributed by atoms with E-state index >= 15 is 0 Å². The Balaban J connectivity index is 2.05. The summed E-state index contributed by atoms with van der Waals surface area (Å²) in [5.74, 6) is -0.733. The quantitative estimate of drug-likeness (QED) is 0.871. The molecule has 3 nitrogen and oxygen atoms in total. The first kappa shape index (κ1) is 14.9. The topological polar surface area (TPSA) is 38.5 Å². The first-order chi connectivity index (χ1) is 9.35. The van der Waals surface area contributed by atoms with Crippen LogP contribution < -0.4 is 15.4 Å². The highest BCUT2D eigenvalue weighted by molar-refractivity contribution is 5.51. The molecule has 1 aromatic rings. The van der Waals surface area contributed by atoms with Crippen LogP contribution in [0.15, 0.2) is 18.2 Å². The molecule has 0 bridgehead atoms. The third kappa shape index (κ3) is 4.00. The number of benzene rings is 1. The first-order valence-electron chi connectivity index (χ1n) is 6.35. The number of alkyl halides is 3. The van der Waals surface area contributed by atoms with Gasteiger partial charge in [0.25, 0.3) is 0 Å². The minimum atomic E-state index is -4.44. The molecule has 112 valence electrons. The van der Waals surface area contributed by atoms with Gasteiger partial charge in [-0.2, -0.15) is 13.2 Å². The van der Waals surface area contributed by atoms with E-state index < -0.39 is 18.6 Å². The van der Waals surface area contributed by atoms with Gasteiger partial charge >= 0.3 is 6.18 Å². The predicted octanol–water partition coefficient (Wildman–Crippen LogP) is 2.69.